The van der Waals surface area contributed by atoms with Crippen LogP contribution >= 0.6 is 11.8 Å². The minimum atomic E-state index is -0.418. The SMILES string of the molecule is CSCCn1nc(C)c(C(C)O)c1C. The van der Waals surface area contributed by atoms with Gasteiger partial charge in [-0.15, -0.1) is 0 Å². The van der Waals surface area contributed by atoms with Gasteiger partial charge in [-0.3, -0.25) is 4.68 Å². The fourth-order valence-corrected chi connectivity index (χ4v) is 2.07. The topological polar surface area (TPSA) is 38.0 Å². The average molecular weight is 214 g/mol. The summed E-state index contributed by atoms with van der Waals surface area (Å²) in [6.45, 7) is 6.67. The Balaban J connectivity index is 2.92. The molecule has 1 atom stereocenters. The van der Waals surface area contributed by atoms with Crippen molar-refractivity contribution in [3.05, 3.63) is 17.0 Å². The molecule has 0 saturated carbocycles. The molecule has 0 bridgehead atoms. The number of aliphatic hydroxyl groups excluding tert-OH is 1. The molecule has 0 saturated heterocycles. The van der Waals surface area contributed by atoms with E-state index in [1.54, 1.807) is 18.7 Å². The minimum Gasteiger partial charge on any atom is -0.389 e. The predicted octanol–water partition coefficient (Wildman–Crippen LogP) is 1.92. The molecule has 0 amide bonds. The molecule has 1 rings (SSSR count). The smallest absolute Gasteiger partial charge is 0.0797 e. The van der Waals surface area contributed by atoms with E-state index >= 15 is 0 Å². The van der Waals surface area contributed by atoms with Gasteiger partial charge in [-0.2, -0.15) is 16.9 Å². The number of hydrogen-bond acceptors (Lipinski definition) is 3. The maximum absolute atomic E-state index is 9.57. The molecular formula is C10H18N2OS. The standard InChI is InChI=1S/C10H18N2OS/c1-7-10(9(3)13)8(2)12(11-7)5-6-14-4/h9,13H,5-6H2,1-4H3. The summed E-state index contributed by atoms with van der Waals surface area (Å²) >= 11 is 1.81. The van der Waals surface area contributed by atoms with Crippen LogP contribution in [-0.4, -0.2) is 26.9 Å². The first-order valence-corrected chi connectivity index (χ1v) is 6.18. The molecule has 0 aliphatic carbocycles. The summed E-state index contributed by atoms with van der Waals surface area (Å²) in [5, 5.41) is 14.0. The molecule has 1 aromatic rings. The van der Waals surface area contributed by atoms with Gasteiger partial charge in [0.1, 0.15) is 0 Å². The van der Waals surface area contributed by atoms with Crippen molar-refractivity contribution < 1.29 is 5.11 Å². The second kappa shape index (κ2) is 4.84. The number of nitrogens with zero attached hydrogens (tertiary/aromatic N) is 2. The third-order valence-electron chi connectivity index (χ3n) is 2.36. The first kappa shape index (κ1) is 11.6. The number of thioether (sulfide) groups is 1. The summed E-state index contributed by atoms with van der Waals surface area (Å²) in [6, 6.07) is 0. The van der Waals surface area contributed by atoms with Gasteiger partial charge in [0, 0.05) is 17.0 Å². The Kier molecular flexibility index (Phi) is 4.01. The van der Waals surface area contributed by atoms with Crippen LogP contribution in [0.2, 0.25) is 0 Å². The Morgan fingerprint density at radius 2 is 2.14 bits per heavy atom. The molecule has 0 spiro atoms. The predicted molar refractivity (Wildman–Crippen MR) is 60.7 cm³/mol. The second-order valence-electron chi connectivity index (χ2n) is 3.48. The number of aryl methyl sites for hydroxylation is 2. The van der Waals surface area contributed by atoms with Gasteiger partial charge in [0.15, 0.2) is 0 Å². The fraction of sp³-hybridized carbons (Fsp3) is 0.700. The van der Waals surface area contributed by atoms with Crippen molar-refractivity contribution in [2.75, 3.05) is 12.0 Å². The lowest BCUT2D eigenvalue weighted by Gasteiger charge is -2.06. The first-order chi connectivity index (χ1) is 6.57. The Hall–Kier alpha value is -0.480. The van der Waals surface area contributed by atoms with Crippen molar-refractivity contribution in [1.82, 2.24) is 9.78 Å². The number of aliphatic hydroxyl groups is 1. The third kappa shape index (κ3) is 2.30. The molecule has 1 N–H and O–H groups in total. The molecule has 0 fully saturated rings. The fourth-order valence-electron chi connectivity index (χ4n) is 1.71. The van der Waals surface area contributed by atoms with Gasteiger partial charge < -0.3 is 5.11 Å². The maximum Gasteiger partial charge on any atom is 0.0797 e. The molecule has 3 nitrogen and oxygen atoms in total. The van der Waals surface area contributed by atoms with Gasteiger partial charge in [-0.25, -0.2) is 0 Å². The monoisotopic (exact) mass is 214 g/mol. The highest BCUT2D eigenvalue weighted by atomic mass is 32.2. The normalized spacial score (nSPS) is 13.2. The highest BCUT2D eigenvalue weighted by molar-refractivity contribution is 7.98. The summed E-state index contributed by atoms with van der Waals surface area (Å²) < 4.78 is 1.98. The summed E-state index contributed by atoms with van der Waals surface area (Å²) in [6.07, 6.45) is 1.67. The molecule has 80 valence electrons. The van der Waals surface area contributed by atoms with Gasteiger partial charge >= 0.3 is 0 Å². The van der Waals surface area contributed by atoms with E-state index in [2.05, 4.69) is 11.4 Å². The zero-order valence-electron chi connectivity index (χ0n) is 9.24. The van der Waals surface area contributed by atoms with Gasteiger partial charge in [-0.05, 0) is 27.0 Å². The highest BCUT2D eigenvalue weighted by Crippen LogP contribution is 2.20. The zero-order chi connectivity index (χ0) is 10.7. The van der Waals surface area contributed by atoms with Crippen LogP contribution in [0.4, 0.5) is 0 Å². The number of hydrogen-bond donors (Lipinski definition) is 1. The van der Waals surface area contributed by atoms with Crippen LogP contribution in [0.5, 0.6) is 0 Å². The molecule has 1 heterocycles. The van der Waals surface area contributed by atoms with Crippen molar-refractivity contribution in [2.45, 2.75) is 33.4 Å². The zero-order valence-corrected chi connectivity index (χ0v) is 10.1. The van der Waals surface area contributed by atoms with Gasteiger partial charge in [0.25, 0.3) is 0 Å². The van der Waals surface area contributed by atoms with E-state index in [4.69, 9.17) is 0 Å². The van der Waals surface area contributed by atoms with Gasteiger partial charge in [0.05, 0.1) is 18.3 Å². The molecule has 0 aliphatic heterocycles. The van der Waals surface area contributed by atoms with E-state index in [1.807, 2.05) is 18.5 Å². The van der Waals surface area contributed by atoms with Crippen LogP contribution in [0.15, 0.2) is 0 Å². The van der Waals surface area contributed by atoms with E-state index in [9.17, 15) is 5.11 Å². The third-order valence-corrected chi connectivity index (χ3v) is 2.95. The van der Waals surface area contributed by atoms with E-state index in [0.29, 0.717) is 0 Å². The van der Waals surface area contributed by atoms with Crippen molar-refractivity contribution in [3.8, 4) is 0 Å². The lowest BCUT2D eigenvalue weighted by Crippen LogP contribution is -2.05. The van der Waals surface area contributed by atoms with Crippen LogP contribution < -0.4 is 0 Å². The summed E-state index contributed by atoms with van der Waals surface area (Å²) in [7, 11) is 0. The van der Waals surface area contributed by atoms with Crippen LogP contribution in [0.1, 0.15) is 30.0 Å². The van der Waals surface area contributed by atoms with Gasteiger partial charge in [0.2, 0.25) is 0 Å². The van der Waals surface area contributed by atoms with E-state index in [1.165, 1.54) is 0 Å². The Bertz CT molecular complexity index is 307. The molecule has 0 aromatic carbocycles. The van der Waals surface area contributed by atoms with E-state index in [0.717, 1.165) is 29.2 Å². The van der Waals surface area contributed by atoms with E-state index < -0.39 is 6.10 Å². The van der Waals surface area contributed by atoms with Gasteiger partial charge in [-0.1, -0.05) is 0 Å². The van der Waals surface area contributed by atoms with Crippen LogP contribution in [-0.2, 0) is 6.54 Å². The Morgan fingerprint density at radius 1 is 1.50 bits per heavy atom. The molecular weight excluding hydrogens is 196 g/mol. The van der Waals surface area contributed by atoms with Crippen LogP contribution in [0.25, 0.3) is 0 Å². The summed E-state index contributed by atoms with van der Waals surface area (Å²) in [5.41, 5.74) is 3.01. The number of aromatic nitrogens is 2. The number of rotatable bonds is 4. The van der Waals surface area contributed by atoms with Crippen molar-refractivity contribution in [2.24, 2.45) is 0 Å². The molecule has 4 heteroatoms. The Morgan fingerprint density at radius 3 is 2.57 bits per heavy atom. The average Bonchev–Trinajstić information content (AvgIpc) is 2.38. The second-order valence-corrected chi connectivity index (χ2v) is 4.46. The lowest BCUT2D eigenvalue weighted by atomic mass is 10.1. The molecule has 0 radical (unpaired) electrons. The van der Waals surface area contributed by atoms with Crippen molar-refractivity contribution in [1.29, 1.82) is 0 Å². The Labute approximate surface area is 89.5 Å². The van der Waals surface area contributed by atoms with E-state index in [-0.39, 0.29) is 0 Å². The quantitative estimate of drug-likeness (QED) is 0.832. The molecule has 0 aliphatic rings. The highest BCUT2D eigenvalue weighted by Gasteiger charge is 2.14. The maximum atomic E-state index is 9.57. The first-order valence-electron chi connectivity index (χ1n) is 4.78. The van der Waals surface area contributed by atoms with Crippen LogP contribution in [0, 0.1) is 13.8 Å². The largest absolute Gasteiger partial charge is 0.389 e. The minimum absolute atomic E-state index is 0.418. The molecule has 1 aromatic heterocycles. The lowest BCUT2D eigenvalue weighted by molar-refractivity contribution is 0.197. The molecule has 14 heavy (non-hydrogen) atoms. The van der Waals surface area contributed by atoms with Crippen molar-refractivity contribution >= 4 is 11.8 Å². The van der Waals surface area contributed by atoms with Crippen LogP contribution in [0.3, 0.4) is 0 Å². The van der Waals surface area contributed by atoms with Crippen molar-refractivity contribution in [3.63, 3.8) is 0 Å². The summed E-state index contributed by atoms with van der Waals surface area (Å²) in [5.74, 6) is 1.06. The molecule has 1 unspecified atom stereocenters. The summed E-state index contributed by atoms with van der Waals surface area (Å²) in [4.78, 5) is 0.